The molecule has 316 valence electrons. The van der Waals surface area contributed by atoms with Crippen molar-refractivity contribution in [1.29, 1.82) is 0 Å². The Balaban J connectivity index is 0.00000560. The van der Waals surface area contributed by atoms with Crippen LogP contribution < -0.4 is 15.0 Å². The zero-order valence-corrected chi connectivity index (χ0v) is 42.2. The van der Waals surface area contributed by atoms with Crippen molar-refractivity contribution >= 4 is 52.1 Å². The van der Waals surface area contributed by atoms with Gasteiger partial charge in [0.2, 0.25) is 0 Å². The Labute approximate surface area is 390 Å². The first-order chi connectivity index (χ1) is 30.0. The monoisotopic (exact) mass is 889 g/mol. The van der Waals surface area contributed by atoms with E-state index in [0.717, 1.165) is 89.4 Å². The molecule has 0 aliphatic carbocycles. The van der Waals surface area contributed by atoms with Crippen LogP contribution in [0, 0.1) is 62.3 Å². The molecular weight excluding hydrogens is 836 g/mol. The molecule has 2 aliphatic rings. The molecule has 0 unspecified atom stereocenters. The topological polar surface area (TPSA) is 77.5 Å². The molecule has 5 heterocycles. The number of hydroxylamine groups is 1. The van der Waals surface area contributed by atoms with Crippen molar-refractivity contribution in [2.75, 3.05) is 5.06 Å². The van der Waals surface area contributed by atoms with Gasteiger partial charge in [0, 0.05) is 0 Å². The first-order valence-corrected chi connectivity index (χ1v) is 21.9. The van der Waals surface area contributed by atoms with Gasteiger partial charge in [0.25, 0.3) is 0 Å². The molecule has 7 heteroatoms. The predicted molar refractivity (Wildman–Crippen MR) is 265 cm³/mol. The first-order valence-electron chi connectivity index (χ1n) is 21.9. The summed E-state index contributed by atoms with van der Waals surface area (Å²) in [5.74, 6) is 0. The average molecular weight is 891 g/mol. The van der Waals surface area contributed by atoms with Crippen LogP contribution in [0.3, 0.4) is 0 Å². The van der Waals surface area contributed by atoms with E-state index in [0.29, 0.717) is 5.69 Å². The van der Waals surface area contributed by atoms with Crippen molar-refractivity contribution in [1.82, 2.24) is 19.9 Å². The summed E-state index contributed by atoms with van der Waals surface area (Å²) in [5, 5.41) is 12.4. The van der Waals surface area contributed by atoms with E-state index in [9.17, 15) is 5.21 Å². The largest absolute Gasteiger partial charge is 2.00 e. The van der Waals surface area contributed by atoms with E-state index < -0.39 is 5.54 Å². The van der Waals surface area contributed by atoms with Gasteiger partial charge in [-0.05, 0) is 197 Å². The molecule has 6 nitrogen and oxygen atoms in total. The Hall–Kier alpha value is -6.14. The summed E-state index contributed by atoms with van der Waals surface area (Å²) in [6, 6.07) is 30.1. The van der Waals surface area contributed by atoms with E-state index in [2.05, 4.69) is 159 Å². The van der Waals surface area contributed by atoms with Crippen LogP contribution in [0.5, 0.6) is 0 Å². The summed E-state index contributed by atoms with van der Waals surface area (Å²) >= 11 is 0. The summed E-state index contributed by atoms with van der Waals surface area (Å²) in [5.41, 5.74) is 25.8. The number of fused-ring (bicyclic) bond motifs is 8. The van der Waals surface area contributed by atoms with Crippen molar-refractivity contribution in [3.05, 3.63) is 158 Å². The molecule has 0 spiro atoms. The SMILES string of the molecule is Cc1cc(C)c(-c2c3nc(c(-c4c(C)cc(C)cc4C)c4ccc([n-]4)c(-c4c(C)cc(C)cc4C)c4nc(c(-c5ccc(N(O)C(C)(C)C)cc5)c5ccc2[n-]5)C=C4)C=C3)c(C)c1.[Zn+2]. The number of anilines is 1. The number of rotatable bonds is 5. The summed E-state index contributed by atoms with van der Waals surface area (Å²) in [6.45, 7) is 25.5. The van der Waals surface area contributed by atoms with Gasteiger partial charge in [-0.15, -0.1) is 22.1 Å². The van der Waals surface area contributed by atoms with E-state index in [1.807, 2.05) is 32.9 Å². The molecule has 8 bridgehead atoms. The number of hydrogen-bond acceptors (Lipinski definition) is 4. The Morgan fingerprint density at radius 1 is 0.406 bits per heavy atom. The first kappa shape index (κ1) is 44.5. The molecule has 4 aromatic carbocycles. The van der Waals surface area contributed by atoms with E-state index in [4.69, 9.17) is 19.9 Å². The molecule has 0 saturated carbocycles. The molecule has 7 aromatic rings. The zero-order valence-electron chi connectivity index (χ0n) is 39.3. The van der Waals surface area contributed by atoms with Crippen LogP contribution in [-0.4, -0.2) is 20.7 Å². The quantitative estimate of drug-likeness (QED) is 0.137. The fourth-order valence-corrected chi connectivity index (χ4v) is 10.0. The summed E-state index contributed by atoms with van der Waals surface area (Å²) < 4.78 is 0. The van der Waals surface area contributed by atoms with E-state index in [1.165, 1.54) is 55.1 Å². The van der Waals surface area contributed by atoms with Gasteiger partial charge in [-0.2, -0.15) is 0 Å². The van der Waals surface area contributed by atoms with Crippen LogP contribution in [0.2, 0.25) is 0 Å². The van der Waals surface area contributed by atoms with Crippen LogP contribution in [0.25, 0.3) is 90.9 Å². The smallest absolute Gasteiger partial charge is 0.657 e. The van der Waals surface area contributed by atoms with Gasteiger partial charge < -0.3 is 9.97 Å². The van der Waals surface area contributed by atoms with E-state index >= 15 is 0 Å². The molecule has 0 saturated heterocycles. The predicted octanol–water partition coefficient (Wildman–Crippen LogP) is 14.3. The minimum absolute atomic E-state index is 0. The average Bonchev–Trinajstić information content (AvgIpc) is 4.04. The molecule has 3 aromatic heterocycles. The number of aromatic nitrogens is 4. The van der Waals surface area contributed by atoms with Crippen LogP contribution in [-0.2, 0) is 19.5 Å². The van der Waals surface area contributed by atoms with Crippen LogP contribution in [0.15, 0.2) is 84.9 Å². The third-order valence-electron chi connectivity index (χ3n) is 12.4. The zero-order chi connectivity index (χ0) is 44.6. The van der Waals surface area contributed by atoms with E-state index in [1.54, 1.807) is 0 Å². The minimum Gasteiger partial charge on any atom is -0.657 e. The van der Waals surface area contributed by atoms with E-state index in [-0.39, 0.29) is 19.5 Å². The maximum atomic E-state index is 11.1. The van der Waals surface area contributed by atoms with Crippen molar-refractivity contribution in [2.45, 2.75) is 88.6 Å². The van der Waals surface area contributed by atoms with Crippen molar-refractivity contribution in [2.24, 2.45) is 0 Å². The van der Waals surface area contributed by atoms with Gasteiger partial charge in [-0.1, -0.05) is 89.5 Å². The van der Waals surface area contributed by atoms with Gasteiger partial charge in [0.1, 0.15) is 0 Å². The van der Waals surface area contributed by atoms with Crippen LogP contribution in [0.4, 0.5) is 5.69 Å². The van der Waals surface area contributed by atoms with Gasteiger partial charge in [-0.25, -0.2) is 9.97 Å². The Morgan fingerprint density at radius 2 is 0.688 bits per heavy atom. The van der Waals surface area contributed by atoms with Crippen molar-refractivity contribution < 1.29 is 24.7 Å². The molecule has 0 radical (unpaired) electrons. The second-order valence-electron chi connectivity index (χ2n) is 18.7. The maximum absolute atomic E-state index is 11.1. The van der Waals surface area contributed by atoms with Crippen LogP contribution in [0.1, 0.15) is 93.6 Å². The molecule has 64 heavy (non-hydrogen) atoms. The second kappa shape index (κ2) is 16.8. The van der Waals surface area contributed by atoms with Gasteiger partial charge in [0.15, 0.2) is 0 Å². The molecular formula is C57H55N5OZn. The summed E-state index contributed by atoms with van der Waals surface area (Å²) in [7, 11) is 0. The number of benzene rings is 4. The number of nitrogens with zero attached hydrogens (tertiary/aromatic N) is 5. The third kappa shape index (κ3) is 7.90. The van der Waals surface area contributed by atoms with Gasteiger partial charge in [0.05, 0.1) is 34.0 Å². The summed E-state index contributed by atoms with van der Waals surface area (Å²) in [6.07, 6.45) is 8.55. The second-order valence-corrected chi connectivity index (χ2v) is 18.7. The van der Waals surface area contributed by atoms with Crippen LogP contribution >= 0.6 is 0 Å². The fourth-order valence-electron chi connectivity index (χ4n) is 10.0. The normalized spacial score (nSPS) is 12.2. The standard InChI is InChI=1S/C57H55N5O.Zn/c1-31-25-34(4)50(35(5)26-31)54-44-19-17-42(58-44)53(40-13-15-41(16-14-40)62(63)57(10,11)12)43-18-20-45(59-43)55(51-36(6)27-32(2)28-37(51)7)47-22-24-49(61-47)56(48-23-21-46(54)60-48)52-38(8)29-33(3)30-39(52)9;/h13-30,63H,1-12H3;/q-2;+2. The Kier molecular flexibility index (Phi) is 11.7. The number of aryl methyl sites for hydroxylation is 9. The molecule has 0 atom stereocenters. The summed E-state index contributed by atoms with van der Waals surface area (Å²) in [4.78, 5) is 22.2. The number of hydrogen-bond donors (Lipinski definition) is 1. The van der Waals surface area contributed by atoms with Crippen molar-refractivity contribution in [3.63, 3.8) is 0 Å². The van der Waals surface area contributed by atoms with Gasteiger partial charge in [-0.3, -0.25) is 10.3 Å². The van der Waals surface area contributed by atoms with Gasteiger partial charge >= 0.3 is 19.5 Å². The fraction of sp³-hybridized carbons (Fsp3) is 0.228. The maximum Gasteiger partial charge on any atom is 2.00 e. The minimum atomic E-state index is -0.475. The van der Waals surface area contributed by atoms with Crippen molar-refractivity contribution in [3.8, 4) is 44.5 Å². The molecule has 1 N–H and O–H groups in total. The molecule has 9 rings (SSSR count). The molecule has 2 aliphatic heterocycles. The Bertz CT molecular complexity index is 3140. The molecule has 0 amide bonds. The molecule has 0 fully saturated rings. The third-order valence-corrected chi connectivity index (χ3v) is 12.4. The Morgan fingerprint density at radius 3 is 0.984 bits per heavy atom.